The van der Waals surface area contributed by atoms with Crippen molar-refractivity contribution >= 4 is 30.8 Å². The number of nitrogens with zero attached hydrogens (tertiary/aromatic N) is 1. The molecule has 1 aliphatic heterocycles. The number of aliphatic imine (C=N–C) groups is 1. The molecule has 0 saturated heterocycles. The molecule has 15 heavy (non-hydrogen) atoms. The standard InChI is InChI=1S/C4H4N2O2.C3H5F3S/c7-3-1-4(8)6-2-5-3;4-3(5,6)1-2-7/h2H,1H2,(H,5,6,7,8);7H,1-2H2. The van der Waals surface area contributed by atoms with Crippen molar-refractivity contribution in [1.29, 1.82) is 0 Å². The zero-order valence-corrected chi connectivity index (χ0v) is 8.44. The van der Waals surface area contributed by atoms with Crippen LogP contribution in [0.15, 0.2) is 4.99 Å². The highest BCUT2D eigenvalue weighted by molar-refractivity contribution is 7.80. The van der Waals surface area contributed by atoms with Crippen molar-refractivity contribution in [2.75, 3.05) is 5.75 Å². The number of alkyl halides is 3. The highest BCUT2D eigenvalue weighted by Gasteiger charge is 2.24. The Hall–Kier alpha value is -1.05. The Labute approximate surface area is 89.3 Å². The van der Waals surface area contributed by atoms with Gasteiger partial charge in [0.15, 0.2) is 0 Å². The van der Waals surface area contributed by atoms with Crippen LogP contribution >= 0.6 is 12.6 Å². The molecule has 8 heteroatoms. The van der Waals surface area contributed by atoms with Gasteiger partial charge in [0.25, 0.3) is 5.91 Å². The molecule has 1 N–H and O–H groups in total. The Morgan fingerprint density at radius 1 is 1.47 bits per heavy atom. The molecule has 4 nitrogen and oxygen atoms in total. The Bertz CT molecular complexity index is 265. The summed E-state index contributed by atoms with van der Waals surface area (Å²) in [5.74, 6) is -0.789. The Morgan fingerprint density at radius 2 is 2.07 bits per heavy atom. The quantitative estimate of drug-likeness (QED) is 0.531. The molecule has 0 aromatic carbocycles. The summed E-state index contributed by atoms with van der Waals surface area (Å²) in [7, 11) is 0. The summed E-state index contributed by atoms with van der Waals surface area (Å²) in [5, 5.41) is 2.26. The van der Waals surface area contributed by atoms with Gasteiger partial charge in [-0.3, -0.25) is 9.59 Å². The van der Waals surface area contributed by atoms with Gasteiger partial charge in [-0.1, -0.05) is 0 Å². The first-order valence-electron chi connectivity index (χ1n) is 3.87. The molecular formula is C7H9F3N2O2S. The molecule has 86 valence electrons. The van der Waals surface area contributed by atoms with Crippen molar-refractivity contribution in [2.24, 2.45) is 4.99 Å². The molecule has 1 heterocycles. The molecule has 0 saturated carbocycles. The molecule has 0 bridgehead atoms. The molecule has 0 aromatic heterocycles. The van der Waals surface area contributed by atoms with Crippen molar-refractivity contribution in [3.63, 3.8) is 0 Å². The Kier molecular flexibility index (Phi) is 5.99. The third kappa shape index (κ3) is 9.26. The van der Waals surface area contributed by atoms with Gasteiger partial charge in [-0.25, -0.2) is 4.99 Å². The third-order valence-electron chi connectivity index (χ3n) is 1.14. The molecule has 2 amide bonds. The number of thiol groups is 1. The monoisotopic (exact) mass is 242 g/mol. The van der Waals surface area contributed by atoms with Gasteiger partial charge in [0.1, 0.15) is 6.42 Å². The number of nitrogens with one attached hydrogen (secondary N) is 1. The largest absolute Gasteiger partial charge is 0.389 e. The van der Waals surface area contributed by atoms with Crippen LogP contribution in [0, 0.1) is 0 Å². The lowest BCUT2D eigenvalue weighted by atomic mass is 10.4. The molecule has 1 rings (SSSR count). The third-order valence-corrected chi connectivity index (χ3v) is 1.36. The average Bonchev–Trinajstić information content (AvgIpc) is 2.01. The van der Waals surface area contributed by atoms with E-state index in [2.05, 4.69) is 22.9 Å². The van der Waals surface area contributed by atoms with Gasteiger partial charge in [-0.2, -0.15) is 25.8 Å². The first-order chi connectivity index (χ1) is 6.85. The van der Waals surface area contributed by atoms with E-state index in [1.165, 1.54) is 0 Å². The van der Waals surface area contributed by atoms with Crippen molar-refractivity contribution in [3.8, 4) is 0 Å². The highest BCUT2D eigenvalue weighted by atomic mass is 32.1. The lowest BCUT2D eigenvalue weighted by Gasteiger charge is -1.99. The van der Waals surface area contributed by atoms with E-state index in [4.69, 9.17) is 0 Å². The first kappa shape index (κ1) is 13.9. The maximum atomic E-state index is 11.0. The van der Waals surface area contributed by atoms with Crippen LogP contribution in [-0.4, -0.2) is 30.1 Å². The summed E-state index contributed by atoms with van der Waals surface area (Å²) < 4.78 is 33.0. The minimum atomic E-state index is -4.03. The van der Waals surface area contributed by atoms with Gasteiger partial charge in [-0.15, -0.1) is 0 Å². The number of halogens is 3. The molecular weight excluding hydrogens is 233 g/mol. The van der Waals surface area contributed by atoms with Gasteiger partial charge in [0, 0.05) is 0 Å². The number of amides is 2. The van der Waals surface area contributed by atoms with E-state index in [-0.39, 0.29) is 24.0 Å². The predicted octanol–water partition coefficient (Wildman–Crippen LogP) is 0.930. The highest BCUT2D eigenvalue weighted by Crippen LogP contribution is 2.19. The molecule has 0 aliphatic carbocycles. The van der Waals surface area contributed by atoms with Crippen molar-refractivity contribution < 1.29 is 22.8 Å². The fraction of sp³-hybridized carbons (Fsp3) is 0.571. The Morgan fingerprint density at radius 3 is 2.27 bits per heavy atom. The maximum Gasteiger partial charge on any atom is 0.389 e. The summed E-state index contributed by atoms with van der Waals surface area (Å²) in [4.78, 5) is 23.7. The Balaban J connectivity index is 0.000000265. The van der Waals surface area contributed by atoms with Crippen molar-refractivity contribution in [3.05, 3.63) is 0 Å². The van der Waals surface area contributed by atoms with E-state index in [0.717, 1.165) is 6.34 Å². The predicted molar refractivity (Wildman–Crippen MR) is 50.8 cm³/mol. The van der Waals surface area contributed by atoms with Gasteiger partial charge >= 0.3 is 6.18 Å². The summed E-state index contributed by atoms with van der Waals surface area (Å²) >= 11 is 3.39. The van der Waals surface area contributed by atoms with E-state index in [9.17, 15) is 22.8 Å². The summed E-state index contributed by atoms with van der Waals surface area (Å²) in [6.45, 7) is 0. The maximum absolute atomic E-state index is 11.0. The summed E-state index contributed by atoms with van der Waals surface area (Å²) in [5.41, 5.74) is 0. The topological polar surface area (TPSA) is 58.5 Å². The summed E-state index contributed by atoms with van der Waals surface area (Å²) in [6, 6.07) is 0. The van der Waals surface area contributed by atoms with Crippen LogP contribution in [0.1, 0.15) is 12.8 Å². The number of carbonyl (C=O) groups excluding carboxylic acids is 2. The van der Waals surface area contributed by atoms with Gasteiger partial charge in [0.05, 0.1) is 12.8 Å². The number of rotatable bonds is 1. The smallest absolute Gasteiger partial charge is 0.316 e. The van der Waals surface area contributed by atoms with Gasteiger partial charge in [-0.05, 0) is 5.75 Å². The van der Waals surface area contributed by atoms with E-state index in [0.29, 0.717) is 0 Å². The first-order valence-corrected chi connectivity index (χ1v) is 4.51. The minimum absolute atomic E-state index is 0.115. The van der Waals surface area contributed by atoms with E-state index >= 15 is 0 Å². The molecule has 0 unspecified atom stereocenters. The van der Waals surface area contributed by atoms with Gasteiger partial charge < -0.3 is 5.32 Å². The second kappa shape index (κ2) is 6.44. The van der Waals surface area contributed by atoms with Crippen LogP contribution in [0.3, 0.4) is 0 Å². The second-order valence-electron chi connectivity index (χ2n) is 2.49. The molecule has 0 radical (unpaired) electrons. The van der Waals surface area contributed by atoms with Crippen LogP contribution in [-0.2, 0) is 9.59 Å². The molecule has 0 spiro atoms. The average molecular weight is 242 g/mol. The fourth-order valence-electron chi connectivity index (χ4n) is 0.537. The van der Waals surface area contributed by atoms with Crippen LogP contribution < -0.4 is 5.32 Å². The minimum Gasteiger partial charge on any atom is -0.316 e. The molecule has 0 fully saturated rings. The zero-order valence-electron chi connectivity index (χ0n) is 7.54. The zero-order chi connectivity index (χ0) is 11.9. The lowest BCUT2D eigenvalue weighted by molar-refractivity contribution is -0.130. The normalized spacial score (nSPS) is 15.5. The van der Waals surface area contributed by atoms with Crippen LogP contribution in [0.4, 0.5) is 13.2 Å². The van der Waals surface area contributed by atoms with Crippen molar-refractivity contribution in [2.45, 2.75) is 19.0 Å². The number of hydrogen-bond acceptors (Lipinski definition) is 3. The molecule has 0 aromatic rings. The van der Waals surface area contributed by atoms with E-state index in [1.807, 2.05) is 0 Å². The van der Waals surface area contributed by atoms with Crippen molar-refractivity contribution in [1.82, 2.24) is 5.32 Å². The SMILES string of the molecule is FC(F)(F)CCS.O=C1CC(=O)NC=N1. The van der Waals surface area contributed by atoms with Crippen LogP contribution in [0.5, 0.6) is 0 Å². The fourth-order valence-corrected chi connectivity index (χ4v) is 0.791. The van der Waals surface area contributed by atoms with E-state index in [1.54, 1.807) is 0 Å². The molecule has 0 atom stereocenters. The number of hydrogen-bond donors (Lipinski definition) is 2. The lowest BCUT2D eigenvalue weighted by Crippen LogP contribution is -2.28. The second-order valence-corrected chi connectivity index (χ2v) is 2.93. The molecule has 1 aliphatic rings. The van der Waals surface area contributed by atoms with Crippen LogP contribution in [0.2, 0.25) is 0 Å². The van der Waals surface area contributed by atoms with Gasteiger partial charge in [0.2, 0.25) is 5.91 Å². The summed E-state index contributed by atoms with van der Waals surface area (Å²) in [6.07, 6.45) is -3.83. The van der Waals surface area contributed by atoms with Crippen LogP contribution in [0.25, 0.3) is 0 Å². The number of carbonyl (C=O) groups is 2. The van der Waals surface area contributed by atoms with E-state index < -0.39 is 12.6 Å².